The molecule has 0 atom stereocenters. The highest BCUT2D eigenvalue weighted by molar-refractivity contribution is 7.98. The second kappa shape index (κ2) is 12.3. The number of rotatable bonds is 10. The Morgan fingerprint density at radius 3 is 2.40 bits per heavy atom. The summed E-state index contributed by atoms with van der Waals surface area (Å²) in [5, 5.41) is 24.7. The van der Waals surface area contributed by atoms with Crippen LogP contribution < -0.4 is 20.3 Å². The van der Waals surface area contributed by atoms with Gasteiger partial charge in [-0.25, -0.2) is 9.42 Å². The molecule has 6 rings (SSSR count). The number of aryl methyl sites for hydroxylation is 2. The third-order valence-electron chi connectivity index (χ3n) is 7.99. The fourth-order valence-electron chi connectivity index (χ4n) is 5.93. The molecule has 0 aliphatic heterocycles. The van der Waals surface area contributed by atoms with Gasteiger partial charge >= 0.3 is 11.7 Å². The maximum absolute atomic E-state index is 12.8. The fraction of sp³-hybridized carbons (Fsp3) is 0.333. The number of hydrogen-bond donors (Lipinski definition) is 3. The number of urea groups is 1. The summed E-state index contributed by atoms with van der Waals surface area (Å²) in [4.78, 5) is 38.5. The van der Waals surface area contributed by atoms with Gasteiger partial charge in [-0.05, 0) is 113 Å². The largest absolute Gasteiger partial charge is 0.363 e. The maximum Gasteiger partial charge on any atom is 0.329 e. The Kier molecular flexibility index (Phi) is 8.14. The number of fused-ring (bicyclic) bond motifs is 3. The van der Waals surface area contributed by atoms with Crippen molar-refractivity contribution in [1.29, 1.82) is 0 Å². The summed E-state index contributed by atoms with van der Waals surface area (Å²) in [7, 11) is 1.69. The number of likely N-dealkylation sites (N-methyl/N-ethyl adjacent to an activating group) is 1. The van der Waals surface area contributed by atoms with Crippen LogP contribution >= 0.6 is 11.9 Å². The van der Waals surface area contributed by atoms with Crippen LogP contribution in [0.3, 0.4) is 0 Å². The fourth-order valence-corrected chi connectivity index (χ4v) is 6.47. The number of benzene rings is 3. The van der Waals surface area contributed by atoms with E-state index in [0.29, 0.717) is 18.7 Å². The normalized spacial score (nSPS) is 13.4. The van der Waals surface area contributed by atoms with Crippen molar-refractivity contribution in [3.8, 4) is 0 Å². The van der Waals surface area contributed by atoms with Crippen LogP contribution in [0.25, 0.3) is 11.0 Å². The SMILES string of the molecule is CN(CC(=O)NCCc1ccc(SNC(=O)Nc2c3c(cc4c2CCC4)CCC3)cc1)c1ccc([N+](=O)[O-])c2nonc12. The van der Waals surface area contributed by atoms with E-state index in [1.54, 1.807) is 11.9 Å². The number of nitro groups is 1. The molecule has 0 bridgehead atoms. The van der Waals surface area contributed by atoms with Gasteiger partial charge in [-0.1, -0.05) is 18.2 Å². The van der Waals surface area contributed by atoms with E-state index >= 15 is 0 Å². The van der Waals surface area contributed by atoms with Gasteiger partial charge in [0, 0.05) is 30.2 Å². The average Bonchev–Trinajstić information content (AvgIpc) is 3.77. The number of nitrogens with zero attached hydrogens (tertiary/aromatic N) is 4. The van der Waals surface area contributed by atoms with Crippen LogP contribution in [-0.4, -0.2) is 47.3 Å². The van der Waals surface area contributed by atoms with E-state index in [2.05, 4.69) is 31.7 Å². The molecule has 3 N–H and O–H groups in total. The van der Waals surface area contributed by atoms with Crippen molar-refractivity contribution in [2.45, 2.75) is 49.8 Å². The van der Waals surface area contributed by atoms with E-state index in [4.69, 9.17) is 4.63 Å². The summed E-state index contributed by atoms with van der Waals surface area (Å²) in [6.07, 6.45) is 7.14. The zero-order valence-electron chi connectivity index (χ0n) is 23.6. The number of hydrogen-bond acceptors (Lipinski definition) is 9. The van der Waals surface area contributed by atoms with Gasteiger partial charge in [0.1, 0.15) is 0 Å². The lowest BCUT2D eigenvalue weighted by Crippen LogP contribution is -2.36. The molecular formula is C30H31N7O5S. The summed E-state index contributed by atoms with van der Waals surface area (Å²) in [6.45, 7) is 0.463. The first-order chi connectivity index (χ1) is 20.9. The first kappa shape index (κ1) is 28.5. The topological polar surface area (TPSA) is 156 Å². The Labute approximate surface area is 251 Å². The van der Waals surface area contributed by atoms with Crippen LogP contribution in [-0.2, 0) is 36.9 Å². The van der Waals surface area contributed by atoms with Crippen LogP contribution in [0.4, 0.5) is 21.9 Å². The second-order valence-corrected chi connectivity index (χ2v) is 11.7. The molecule has 222 valence electrons. The number of carbonyl (C=O) groups excluding carboxylic acids is 2. The van der Waals surface area contributed by atoms with Crippen LogP contribution in [0.15, 0.2) is 52.0 Å². The smallest absolute Gasteiger partial charge is 0.329 e. The number of carbonyl (C=O) groups is 2. The van der Waals surface area contributed by atoms with E-state index in [-0.39, 0.29) is 35.2 Å². The first-order valence-corrected chi connectivity index (χ1v) is 15.1. The highest BCUT2D eigenvalue weighted by Crippen LogP contribution is 2.38. The third-order valence-corrected chi connectivity index (χ3v) is 8.79. The molecule has 0 fully saturated rings. The van der Waals surface area contributed by atoms with Crippen LogP contribution in [0.5, 0.6) is 0 Å². The molecule has 1 heterocycles. The maximum atomic E-state index is 12.8. The molecule has 0 radical (unpaired) electrons. The quantitative estimate of drug-likeness (QED) is 0.133. The Hall–Kier alpha value is -4.65. The summed E-state index contributed by atoms with van der Waals surface area (Å²) in [5.41, 5.74) is 8.01. The summed E-state index contributed by atoms with van der Waals surface area (Å²) in [5.74, 6) is -0.206. The predicted octanol–water partition coefficient (Wildman–Crippen LogP) is 4.73. The molecule has 2 aliphatic carbocycles. The van der Waals surface area contributed by atoms with Gasteiger partial charge in [-0.15, -0.1) is 0 Å². The van der Waals surface area contributed by atoms with Crippen molar-refractivity contribution in [2.24, 2.45) is 0 Å². The molecule has 3 amide bonds. The van der Waals surface area contributed by atoms with Gasteiger partial charge in [0.2, 0.25) is 11.4 Å². The number of nitro benzene ring substituents is 1. The van der Waals surface area contributed by atoms with E-state index in [1.807, 2.05) is 24.3 Å². The minimum Gasteiger partial charge on any atom is -0.363 e. The van der Waals surface area contributed by atoms with Gasteiger partial charge in [-0.3, -0.25) is 19.6 Å². The Bertz CT molecular complexity index is 1670. The van der Waals surface area contributed by atoms with Crippen molar-refractivity contribution >= 4 is 52.0 Å². The monoisotopic (exact) mass is 601 g/mol. The molecule has 0 saturated carbocycles. The molecule has 12 nitrogen and oxygen atoms in total. The first-order valence-electron chi connectivity index (χ1n) is 14.2. The van der Waals surface area contributed by atoms with Crippen molar-refractivity contribution < 1.29 is 19.1 Å². The highest BCUT2D eigenvalue weighted by Gasteiger charge is 2.25. The summed E-state index contributed by atoms with van der Waals surface area (Å²) < 4.78 is 7.61. The Morgan fingerprint density at radius 2 is 1.70 bits per heavy atom. The number of anilines is 2. The van der Waals surface area contributed by atoms with E-state index < -0.39 is 4.92 Å². The summed E-state index contributed by atoms with van der Waals surface area (Å²) >= 11 is 1.27. The lowest BCUT2D eigenvalue weighted by Gasteiger charge is -2.18. The Balaban J connectivity index is 0.961. The molecule has 13 heteroatoms. The number of amides is 3. The Morgan fingerprint density at radius 1 is 1.00 bits per heavy atom. The molecule has 0 saturated heterocycles. The molecule has 0 spiro atoms. The van der Waals surface area contributed by atoms with E-state index in [1.165, 1.54) is 46.3 Å². The molecule has 43 heavy (non-hydrogen) atoms. The van der Waals surface area contributed by atoms with Crippen molar-refractivity contribution in [1.82, 2.24) is 20.4 Å². The van der Waals surface area contributed by atoms with Crippen LogP contribution in [0, 0.1) is 10.1 Å². The van der Waals surface area contributed by atoms with Crippen molar-refractivity contribution in [3.63, 3.8) is 0 Å². The highest BCUT2D eigenvalue weighted by atomic mass is 32.2. The standard InChI is InChI=1S/C30H31N7O5S/c1-36(24-12-13-25(37(40)41)29-28(24)33-42-34-29)17-26(38)31-15-14-18-8-10-21(11-9-18)43-35-30(39)32-27-22-6-2-4-19(22)16-20-5-3-7-23(20)27/h8-13,16H,2-7,14-15,17H2,1H3,(H,31,38)(H2,32,35,39). The predicted molar refractivity (Wildman–Crippen MR) is 163 cm³/mol. The molecule has 1 aromatic heterocycles. The lowest BCUT2D eigenvalue weighted by atomic mass is 9.99. The van der Waals surface area contributed by atoms with Crippen LogP contribution in [0.2, 0.25) is 0 Å². The van der Waals surface area contributed by atoms with Gasteiger partial charge < -0.3 is 15.5 Å². The van der Waals surface area contributed by atoms with Gasteiger partial charge in [0.05, 0.1) is 17.2 Å². The van der Waals surface area contributed by atoms with Crippen molar-refractivity contribution in [2.75, 3.05) is 30.4 Å². The van der Waals surface area contributed by atoms with E-state index in [9.17, 15) is 19.7 Å². The second-order valence-electron chi connectivity index (χ2n) is 10.8. The van der Waals surface area contributed by atoms with E-state index in [0.717, 1.165) is 54.7 Å². The van der Waals surface area contributed by atoms with Crippen molar-refractivity contribution in [3.05, 3.63) is 80.4 Å². The zero-order chi connectivity index (χ0) is 29.9. The third kappa shape index (κ3) is 6.12. The van der Waals surface area contributed by atoms with Crippen LogP contribution in [0.1, 0.15) is 40.7 Å². The van der Waals surface area contributed by atoms with Gasteiger partial charge in [-0.2, -0.15) is 0 Å². The zero-order valence-corrected chi connectivity index (χ0v) is 24.5. The lowest BCUT2D eigenvalue weighted by molar-refractivity contribution is -0.383. The minimum atomic E-state index is -0.553. The minimum absolute atomic E-state index is 0.0255. The number of non-ortho nitro benzene ring substituents is 1. The van der Waals surface area contributed by atoms with Gasteiger partial charge in [0.25, 0.3) is 0 Å². The molecular weight excluding hydrogens is 570 g/mol. The number of aromatic nitrogens is 2. The number of nitrogens with one attached hydrogen (secondary N) is 3. The molecule has 2 aliphatic rings. The average molecular weight is 602 g/mol. The molecule has 3 aromatic carbocycles. The molecule has 0 unspecified atom stereocenters. The molecule has 4 aromatic rings. The van der Waals surface area contributed by atoms with Gasteiger partial charge in [0.15, 0.2) is 5.52 Å². The summed E-state index contributed by atoms with van der Waals surface area (Å²) in [6, 6.07) is 12.8.